The Morgan fingerprint density at radius 1 is 0.320 bits per heavy atom. The number of carbonyl (C=O) groups is 4. The van der Waals surface area contributed by atoms with Gasteiger partial charge in [0.05, 0.1) is 23.9 Å². The minimum Gasteiger partial charge on any atom is -0.545 e. The van der Waals surface area contributed by atoms with E-state index < -0.39 is 115 Å². The maximum atomic E-state index is 10.2. The Bertz CT molecular complexity index is 1510. The Kier molecular flexibility index (Phi) is 19.2. The van der Waals surface area contributed by atoms with Gasteiger partial charge < -0.3 is 101 Å². The van der Waals surface area contributed by atoms with Gasteiger partial charge in [0.25, 0.3) is 0 Å². The second kappa shape index (κ2) is 20.4. The van der Waals surface area contributed by atoms with Gasteiger partial charge >= 0.3 is 77.6 Å². The summed E-state index contributed by atoms with van der Waals surface area (Å²) >= 11 is 0. The second-order valence-electron chi connectivity index (χ2n) is 8.60. The molecule has 0 spiro atoms. The average Bonchev–Trinajstić information content (AvgIpc) is 2.99. The SMILES string of the molecule is O=C([O-])c1cc(O)c(O)c(O)c1.O=C([O-])c1cc(O)c(O)c(O)c1.O=C([O-])c1cc(O)c(O)c(O)c1.O=C([O-])c1cc(O)c(O)c(O)c1.[Bi+3].[K+]. The molecule has 0 amide bonds. The number of carboxylic acids is 4. The van der Waals surface area contributed by atoms with Crippen LogP contribution in [-0.4, -0.2) is 111 Å². The summed E-state index contributed by atoms with van der Waals surface area (Å²) in [7, 11) is 0. The summed E-state index contributed by atoms with van der Waals surface area (Å²) in [6.07, 6.45) is 0. The van der Waals surface area contributed by atoms with Gasteiger partial charge in [0.1, 0.15) is 0 Å². The zero-order valence-corrected chi connectivity index (χ0v) is 31.3. The Labute approximate surface area is 339 Å². The van der Waals surface area contributed by atoms with Crippen molar-refractivity contribution >= 4 is 50.1 Å². The molecule has 0 aliphatic rings. The van der Waals surface area contributed by atoms with Crippen LogP contribution < -0.4 is 71.8 Å². The molecule has 0 saturated heterocycles. The van der Waals surface area contributed by atoms with E-state index in [1.54, 1.807) is 0 Å². The van der Waals surface area contributed by atoms with E-state index in [-0.39, 0.29) is 77.6 Å². The van der Waals surface area contributed by atoms with E-state index in [0.29, 0.717) is 0 Å². The first kappa shape index (κ1) is 47.0. The number of rotatable bonds is 4. The van der Waals surface area contributed by atoms with Crippen LogP contribution in [-0.2, 0) is 0 Å². The topological polar surface area (TPSA) is 403 Å². The van der Waals surface area contributed by atoms with Gasteiger partial charge in [0.15, 0.2) is 69.0 Å². The van der Waals surface area contributed by atoms with Gasteiger partial charge in [0, 0.05) is 22.3 Å². The molecule has 22 heteroatoms. The van der Waals surface area contributed by atoms with E-state index in [1.807, 2.05) is 0 Å². The van der Waals surface area contributed by atoms with Crippen LogP contribution in [0.15, 0.2) is 48.5 Å². The molecular weight excluding hydrogens is 904 g/mol. The molecule has 0 fully saturated rings. The molecule has 2 radical (unpaired) electrons. The molecule has 20 nitrogen and oxygen atoms in total. The van der Waals surface area contributed by atoms with Gasteiger partial charge in [-0.05, 0) is 48.5 Å². The third-order valence-electron chi connectivity index (χ3n) is 5.22. The van der Waals surface area contributed by atoms with Crippen LogP contribution in [0, 0.1) is 0 Å². The molecule has 0 saturated carbocycles. The third-order valence-corrected chi connectivity index (χ3v) is 5.22. The first-order valence-corrected chi connectivity index (χ1v) is 11.9. The van der Waals surface area contributed by atoms with Gasteiger partial charge in [-0.25, -0.2) is 0 Å². The molecule has 0 unspecified atom stereocenters. The fraction of sp³-hybridized carbons (Fsp3) is 0. The second-order valence-corrected chi connectivity index (χ2v) is 8.60. The number of carboxylic acid groups (broad SMARTS) is 4. The maximum Gasteiger partial charge on any atom is 3.00 e. The minimum absolute atomic E-state index is 0. The first-order valence-electron chi connectivity index (χ1n) is 11.9. The molecular formula is C28H20BiKO20. The molecule has 0 aliphatic carbocycles. The summed E-state index contributed by atoms with van der Waals surface area (Å²) in [4.78, 5) is 40.8. The monoisotopic (exact) mass is 924 g/mol. The predicted molar refractivity (Wildman–Crippen MR) is 149 cm³/mol. The van der Waals surface area contributed by atoms with Gasteiger partial charge in [-0.2, -0.15) is 0 Å². The molecule has 50 heavy (non-hydrogen) atoms. The van der Waals surface area contributed by atoms with E-state index in [0.717, 1.165) is 48.5 Å². The molecule has 12 N–H and O–H groups in total. The van der Waals surface area contributed by atoms with Gasteiger partial charge in [-0.15, -0.1) is 0 Å². The van der Waals surface area contributed by atoms with Crippen molar-refractivity contribution in [1.29, 1.82) is 0 Å². The van der Waals surface area contributed by atoms with Gasteiger partial charge in [-0.3, -0.25) is 0 Å². The van der Waals surface area contributed by atoms with Crippen molar-refractivity contribution in [1.82, 2.24) is 0 Å². The van der Waals surface area contributed by atoms with Crippen LogP contribution in [0.3, 0.4) is 0 Å². The zero-order chi connectivity index (χ0) is 37.2. The number of benzene rings is 4. The van der Waals surface area contributed by atoms with Crippen LogP contribution in [0.2, 0.25) is 0 Å². The quantitative estimate of drug-likeness (QED) is 0.0668. The summed E-state index contributed by atoms with van der Waals surface area (Å²) < 4.78 is 0. The van der Waals surface area contributed by atoms with Crippen LogP contribution in [0.5, 0.6) is 69.0 Å². The maximum absolute atomic E-state index is 10.2. The summed E-state index contributed by atoms with van der Waals surface area (Å²) in [5, 5.41) is 147. The number of phenols is 12. The average molecular weight is 925 g/mol. The summed E-state index contributed by atoms with van der Waals surface area (Å²) in [5.74, 6) is -14.8. The molecule has 0 aromatic heterocycles. The standard InChI is InChI=1S/4C7H6O5.Bi.K/c4*8-4-1-3(7(11)12)2-5(9)6(4)10;;/h4*1-2,8-10H,(H,11,12);;/q;;;;+3;+1/p-4. The van der Waals surface area contributed by atoms with Crippen molar-refractivity contribution in [3.05, 3.63) is 70.8 Å². The van der Waals surface area contributed by atoms with E-state index in [2.05, 4.69) is 0 Å². The summed E-state index contributed by atoms with van der Waals surface area (Å²) in [6.45, 7) is 0. The Morgan fingerprint density at radius 3 is 0.500 bits per heavy atom. The molecule has 0 bridgehead atoms. The number of phenolic OH excluding ortho intramolecular Hbond substituents is 12. The Morgan fingerprint density at radius 2 is 0.420 bits per heavy atom. The molecule has 0 heterocycles. The molecule has 0 aliphatic heterocycles. The van der Waals surface area contributed by atoms with Crippen LogP contribution >= 0.6 is 0 Å². The third kappa shape index (κ3) is 13.4. The predicted octanol–water partition coefficient (Wildman–Crippen LogP) is -6.71. The van der Waals surface area contributed by atoms with Gasteiger partial charge in [-0.1, -0.05) is 0 Å². The number of hydrogen-bond acceptors (Lipinski definition) is 20. The molecule has 258 valence electrons. The van der Waals surface area contributed by atoms with Gasteiger partial charge in [0.2, 0.25) is 0 Å². The van der Waals surface area contributed by atoms with E-state index in [4.69, 9.17) is 61.3 Å². The largest absolute Gasteiger partial charge is 3.00 e. The fourth-order valence-electron chi connectivity index (χ4n) is 2.89. The van der Waals surface area contributed by atoms with E-state index >= 15 is 0 Å². The van der Waals surface area contributed by atoms with Crippen molar-refractivity contribution in [2.75, 3.05) is 0 Å². The molecule has 0 atom stereocenters. The van der Waals surface area contributed by atoms with Crippen molar-refractivity contribution in [3.63, 3.8) is 0 Å². The molecule has 4 rings (SSSR count). The van der Waals surface area contributed by atoms with Crippen LogP contribution in [0.4, 0.5) is 0 Å². The van der Waals surface area contributed by atoms with Crippen LogP contribution in [0.1, 0.15) is 41.4 Å². The normalized spacial score (nSPS) is 9.28. The number of carbonyl (C=O) groups excluding carboxylic acids is 4. The van der Waals surface area contributed by atoms with Crippen molar-refractivity contribution in [3.8, 4) is 69.0 Å². The minimum atomic E-state index is -1.54. The van der Waals surface area contributed by atoms with Crippen molar-refractivity contribution in [2.45, 2.75) is 0 Å². The first-order chi connectivity index (χ1) is 22.1. The fourth-order valence-corrected chi connectivity index (χ4v) is 2.89. The van der Waals surface area contributed by atoms with E-state index in [9.17, 15) is 39.6 Å². The Hall–Kier alpha value is -5.12. The van der Waals surface area contributed by atoms with E-state index in [1.165, 1.54) is 0 Å². The van der Waals surface area contributed by atoms with Crippen LogP contribution in [0.25, 0.3) is 0 Å². The van der Waals surface area contributed by atoms with Crippen molar-refractivity contribution < 1.29 is 152 Å². The summed E-state index contributed by atoms with van der Waals surface area (Å²) in [5.41, 5.74) is -1.60. The molecule has 4 aromatic carbocycles. The molecule has 4 aromatic rings. The van der Waals surface area contributed by atoms with Crippen molar-refractivity contribution in [2.24, 2.45) is 0 Å². The number of aromatic hydroxyl groups is 12. The zero-order valence-electron chi connectivity index (χ0n) is 24.7. The summed E-state index contributed by atoms with van der Waals surface area (Å²) in [6, 6.07) is 6.26. The number of aromatic carboxylic acids is 4. The Balaban J connectivity index is 0. The number of hydrogen-bond donors (Lipinski definition) is 12. The smallest absolute Gasteiger partial charge is 0.545 e.